The smallest absolute Gasteiger partial charge is 0.359 e. The number of hydrogen-bond donors (Lipinski definition) is 1. The van der Waals surface area contributed by atoms with Gasteiger partial charge < -0.3 is 10.1 Å². The second-order valence-electron chi connectivity index (χ2n) is 4.28. The first-order valence-electron chi connectivity index (χ1n) is 6.39. The zero-order valence-electron chi connectivity index (χ0n) is 11.7. The maximum atomic E-state index is 12.0. The van der Waals surface area contributed by atoms with Crippen LogP contribution < -0.4 is 5.32 Å². The van der Waals surface area contributed by atoms with Crippen molar-refractivity contribution in [2.45, 2.75) is 13.0 Å². The van der Waals surface area contributed by atoms with Crippen LogP contribution in [0.1, 0.15) is 23.0 Å². The highest BCUT2D eigenvalue weighted by molar-refractivity contribution is 5.97. The maximum Gasteiger partial charge on any atom is 0.359 e. The van der Waals surface area contributed by atoms with E-state index >= 15 is 0 Å². The van der Waals surface area contributed by atoms with Gasteiger partial charge in [-0.1, -0.05) is 12.1 Å². The molecule has 0 bridgehead atoms. The summed E-state index contributed by atoms with van der Waals surface area (Å²) in [5, 5.41) is 11.5. The van der Waals surface area contributed by atoms with Gasteiger partial charge in [-0.25, -0.2) is 9.78 Å². The van der Waals surface area contributed by atoms with Gasteiger partial charge in [0.2, 0.25) is 0 Å². The minimum Gasteiger partial charge on any atom is -0.448 e. The fourth-order valence-corrected chi connectivity index (χ4v) is 1.60. The van der Waals surface area contributed by atoms with Gasteiger partial charge >= 0.3 is 5.97 Å². The van der Waals surface area contributed by atoms with Crippen LogP contribution in [-0.2, 0) is 9.53 Å². The third-order valence-electron chi connectivity index (χ3n) is 2.73. The van der Waals surface area contributed by atoms with Crippen LogP contribution in [0.25, 0.3) is 0 Å². The summed E-state index contributed by atoms with van der Waals surface area (Å²) in [6, 6.07) is 8.51. The van der Waals surface area contributed by atoms with E-state index in [0.29, 0.717) is 11.3 Å². The number of anilines is 1. The maximum absolute atomic E-state index is 12.0. The van der Waals surface area contributed by atoms with E-state index in [1.807, 2.05) is 6.07 Å². The molecule has 7 heteroatoms. The predicted molar refractivity (Wildman–Crippen MR) is 76.7 cm³/mol. The van der Waals surface area contributed by atoms with Gasteiger partial charge in [0.1, 0.15) is 6.07 Å². The van der Waals surface area contributed by atoms with Crippen molar-refractivity contribution in [1.29, 1.82) is 5.26 Å². The van der Waals surface area contributed by atoms with Gasteiger partial charge in [-0.15, -0.1) is 0 Å². The first kappa shape index (κ1) is 15.1. The fourth-order valence-electron chi connectivity index (χ4n) is 1.60. The van der Waals surface area contributed by atoms with Crippen molar-refractivity contribution in [3.05, 3.63) is 54.1 Å². The van der Waals surface area contributed by atoms with Crippen molar-refractivity contribution in [2.24, 2.45) is 0 Å². The largest absolute Gasteiger partial charge is 0.448 e. The average Bonchev–Trinajstić information content (AvgIpc) is 2.56. The first-order chi connectivity index (χ1) is 10.6. The molecular weight excluding hydrogens is 284 g/mol. The van der Waals surface area contributed by atoms with Crippen molar-refractivity contribution in [2.75, 3.05) is 5.32 Å². The Labute approximate surface area is 126 Å². The fraction of sp³-hybridized carbons (Fsp3) is 0.133. The van der Waals surface area contributed by atoms with Crippen LogP contribution in [0.2, 0.25) is 0 Å². The van der Waals surface area contributed by atoms with Gasteiger partial charge in [-0.05, 0) is 19.1 Å². The number of para-hydroxylation sites is 1. The molecule has 1 heterocycles. The van der Waals surface area contributed by atoms with E-state index in [0.717, 1.165) is 0 Å². The molecule has 0 aliphatic rings. The number of esters is 1. The molecule has 0 fully saturated rings. The quantitative estimate of drug-likeness (QED) is 0.858. The molecule has 0 saturated heterocycles. The van der Waals surface area contributed by atoms with Crippen LogP contribution in [0.15, 0.2) is 42.9 Å². The summed E-state index contributed by atoms with van der Waals surface area (Å²) in [6.45, 7) is 1.43. The number of nitrogens with zero attached hydrogens (tertiary/aromatic N) is 3. The molecule has 7 nitrogen and oxygen atoms in total. The first-order valence-corrected chi connectivity index (χ1v) is 6.39. The van der Waals surface area contributed by atoms with Gasteiger partial charge in [0.05, 0.1) is 17.4 Å². The Morgan fingerprint density at radius 1 is 1.32 bits per heavy atom. The van der Waals surface area contributed by atoms with Crippen molar-refractivity contribution in [3.63, 3.8) is 0 Å². The molecule has 2 rings (SSSR count). The molecule has 0 saturated carbocycles. The molecule has 0 aliphatic carbocycles. The minimum atomic E-state index is -1.04. The highest BCUT2D eigenvalue weighted by atomic mass is 16.5. The number of nitrogens with one attached hydrogen (secondary N) is 1. The summed E-state index contributed by atoms with van der Waals surface area (Å²) < 4.78 is 5.01. The zero-order valence-corrected chi connectivity index (χ0v) is 11.7. The molecule has 1 atom stereocenters. The van der Waals surface area contributed by atoms with E-state index in [1.54, 1.807) is 24.3 Å². The van der Waals surface area contributed by atoms with Crippen molar-refractivity contribution in [3.8, 4) is 6.07 Å². The van der Waals surface area contributed by atoms with Crippen molar-refractivity contribution >= 4 is 17.6 Å². The van der Waals surface area contributed by atoms with Gasteiger partial charge in [0.15, 0.2) is 11.8 Å². The molecule has 110 valence electrons. The molecular formula is C15H12N4O3. The average molecular weight is 296 g/mol. The van der Waals surface area contributed by atoms with E-state index in [2.05, 4.69) is 15.3 Å². The summed E-state index contributed by atoms with van der Waals surface area (Å²) in [7, 11) is 0. The molecule has 0 radical (unpaired) electrons. The number of aromatic nitrogens is 2. The van der Waals surface area contributed by atoms with E-state index < -0.39 is 18.0 Å². The second kappa shape index (κ2) is 6.95. The Morgan fingerprint density at radius 3 is 2.77 bits per heavy atom. The highest BCUT2D eigenvalue weighted by Crippen LogP contribution is 2.14. The summed E-state index contributed by atoms with van der Waals surface area (Å²) in [6.07, 6.45) is 2.98. The summed E-state index contributed by atoms with van der Waals surface area (Å²) in [5.41, 5.74) is 0.695. The molecule has 1 aromatic heterocycles. The molecule has 1 N–H and O–H groups in total. The van der Waals surface area contributed by atoms with Gasteiger partial charge in [0, 0.05) is 12.4 Å². The van der Waals surface area contributed by atoms with Crippen LogP contribution >= 0.6 is 0 Å². The Balaban J connectivity index is 2.01. The Hall–Kier alpha value is -3.27. The molecule has 2 aromatic rings. The van der Waals surface area contributed by atoms with Crippen LogP contribution in [0.4, 0.5) is 5.69 Å². The Bertz CT molecular complexity index is 725. The molecule has 0 unspecified atom stereocenters. The zero-order chi connectivity index (χ0) is 15.9. The normalized spacial score (nSPS) is 11.1. The number of benzene rings is 1. The monoisotopic (exact) mass is 296 g/mol. The standard InChI is InChI=1S/C15H12N4O3/c1-10(22-15(21)13-9-17-6-7-18-13)14(20)19-12-5-3-2-4-11(12)8-16/h2-7,9-10H,1H3,(H,19,20)/t10-/m0/s1. The number of nitriles is 1. The van der Waals surface area contributed by atoms with E-state index in [4.69, 9.17) is 10.00 Å². The topological polar surface area (TPSA) is 105 Å². The van der Waals surface area contributed by atoms with Gasteiger partial charge in [0.25, 0.3) is 5.91 Å². The minimum absolute atomic E-state index is 0.0135. The lowest BCUT2D eigenvalue weighted by atomic mass is 10.2. The Morgan fingerprint density at radius 2 is 2.09 bits per heavy atom. The molecule has 22 heavy (non-hydrogen) atoms. The van der Waals surface area contributed by atoms with Crippen molar-refractivity contribution < 1.29 is 14.3 Å². The van der Waals surface area contributed by atoms with E-state index in [1.165, 1.54) is 25.5 Å². The number of carbonyl (C=O) groups excluding carboxylic acids is 2. The summed E-state index contributed by atoms with van der Waals surface area (Å²) >= 11 is 0. The molecule has 0 aliphatic heterocycles. The number of carbonyl (C=O) groups is 2. The van der Waals surface area contributed by atoms with Crippen LogP contribution in [-0.4, -0.2) is 27.9 Å². The predicted octanol–water partition coefficient (Wildman–Crippen LogP) is 1.53. The number of ether oxygens (including phenoxy) is 1. The third kappa shape index (κ3) is 3.64. The third-order valence-corrected chi connectivity index (χ3v) is 2.73. The lowest BCUT2D eigenvalue weighted by molar-refractivity contribution is -0.123. The van der Waals surface area contributed by atoms with Crippen LogP contribution in [0.3, 0.4) is 0 Å². The Kier molecular flexibility index (Phi) is 4.78. The number of amides is 1. The van der Waals surface area contributed by atoms with E-state index in [9.17, 15) is 9.59 Å². The molecule has 0 spiro atoms. The molecule has 1 aromatic carbocycles. The van der Waals surface area contributed by atoms with E-state index in [-0.39, 0.29) is 5.69 Å². The highest BCUT2D eigenvalue weighted by Gasteiger charge is 2.20. The molecule has 1 amide bonds. The summed E-state index contributed by atoms with van der Waals surface area (Å²) in [4.78, 5) is 31.3. The summed E-state index contributed by atoms with van der Waals surface area (Å²) in [5.74, 6) is -1.29. The van der Waals surface area contributed by atoms with Crippen molar-refractivity contribution in [1.82, 2.24) is 9.97 Å². The van der Waals surface area contributed by atoms with Gasteiger partial charge in [-0.3, -0.25) is 9.78 Å². The SMILES string of the molecule is C[C@H](OC(=O)c1cnccn1)C(=O)Nc1ccccc1C#N. The van der Waals surface area contributed by atoms with Gasteiger partial charge in [-0.2, -0.15) is 5.26 Å². The number of rotatable bonds is 4. The lowest BCUT2D eigenvalue weighted by Crippen LogP contribution is -2.30. The van der Waals surface area contributed by atoms with Crippen LogP contribution in [0.5, 0.6) is 0 Å². The number of hydrogen-bond acceptors (Lipinski definition) is 6. The van der Waals surface area contributed by atoms with Crippen LogP contribution in [0, 0.1) is 11.3 Å². The lowest BCUT2D eigenvalue weighted by Gasteiger charge is -2.13. The second-order valence-corrected chi connectivity index (χ2v) is 4.28.